The van der Waals surface area contributed by atoms with Gasteiger partial charge in [-0.05, 0) is 68.6 Å². The molecule has 0 atom stereocenters. The second-order valence-corrected chi connectivity index (χ2v) is 9.04. The number of hydrogen-bond donors (Lipinski definition) is 0. The van der Waals surface area contributed by atoms with Gasteiger partial charge in [-0.3, -0.25) is 0 Å². The van der Waals surface area contributed by atoms with Gasteiger partial charge in [0, 0.05) is 10.4 Å². The van der Waals surface area contributed by atoms with E-state index in [9.17, 15) is 0 Å². The molecule has 0 heterocycles. The Morgan fingerprint density at radius 2 is 1.27 bits per heavy atom. The molecule has 0 unspecified atom stereocenters. The Labute approximate surface area is 184 Å². The predicted molar refractivity (Wildman–Crippen MR) is 129 cm³/mol. The van der Waals surface area contributed by atoms with E-state index in [2.05, 4.69) is 93.6 Å². The second kappa shape index (κ2) is 7.15. The van der Waals surface area contributed by atoms with E-state index in [4.69, 9.17) is 11.6 Å². The molecule has 1 aliphatic carbocycles. The molecule has 0 amide bonds. The van der Waals surface area contributed by atoms with E-state index in [0.29, 0.717) is 0 Å². The van der Waals surface area contributed by atoms with E-state index in [1.807, 2.05) is 12.1 Å². The van der Waals surface area contributed by atoms with Crippen molar-refractivity contribution in [1.29, 1.82) is 0 Å². The molecule has 148 valence electrons. The average molecular weight is 409 g/mol. The fraction of sp³-hybridized carbons (Fsp3) is 0.172. The van der Waals surface area contributed by atoms with Crippen LogP contribution in [0.3, 0.4) is 0 Å². The predicted octanol–water partition coefficient (Wildman–Crippen LogP) is 8.54. The molecule has 0 fully saturated rings. The van der Waals surface area contributed by atoms with Crippen LogP contribution in [-0.2, 0) is 11.8 Å². The Hall–Kier alpha value is -2.83. The highest BCUT2D eigenvalue weighted by Gasteiger charge is 2.35. The van der Waals surface area contributed by atoms with Crippen molar-refractivity contribution in [2.45, 2.75) is 32.6 Å². The summed E-state index contributed by atoms with van der Waals surface area (Å²) in [4.78, 5) is 0. The summed E-state index contributed by atoms with van der Waals surface area (Å²) in [6, 6.07) is 30.8. The first-order valence-electron chi connectivity index (χ1n) is 10.6. The molecule has 1 aliphatic rings. The molecule has 0 saturated heterocycles. The molecule has 0 aromatic heterocycles. The van der Waals surface area contributed by atoms with Gasteiger partial charge in [0.05, 0.1) is 0 Å². The van der Waals surface area contributed by atoms with Crippen LogP contribution in [0.2, 0.25) is 5.02 Å². The Bertz CT molecular complexity index is 1250. The van der Waals surface area contributed by atoms with Gasteiger partial charge >= 0.3 is 0 Å². The van der Waals surface area contributed by atoms with Crippen molar-refractivity contribution in [3.8, 4) is 33.4 Å². The van der Waals surface area contributed by atoms with Crippen molar-refractivity contribution < 1.29 is 0 Å². The van der Waals surface area contributed by atoms with Gasteiger partial charge in [-0.2, -0.15) is 0 Å². The van der Waals surface area contributed by atoms with E-state index < -0.39 is 0 Å². The summed E-state index contributed by atoms with van der Waals surface area (Å²) in [5.74, 6) is 0. The molecule has 0 N–H and O–H groups in total. The lowest BCUT2D eigenvalue weighted by Crippen LogP contribution is -2.14. The zero-order valence-corrected chi connectivity index (χ0v) is 18.4. The molecular weight excluding hydrogens is 384 g/mol. The summed E-state index contributed by atoms with van der Waals surface area (Å²) in [6.45, 7) is 6.81. The topological polar surface area (TPSA) is 0 Å². The highest BCUT2D eigenvalue weighted by Crippen LogP contribution is 2.49. The van der Waals surface area contributed by atoms with Gasteiger partial charge in [-0.15, -0.1) is 0 Å². The molecule has 0 nitrogen and oxygen atoms in total. The molecule has 4 aromatic rings. The zero-order valence-electron chi connectivity index (χ0n) is 17.7. The van der Waals surface area contributed by atoms with Gasteiger partial charge in [-0.1, -0.05) is 105 Å². The highest BCUT2D eigenvalue weighted by molar-refractivity contribution is 6.31. The standard InChI is InChI=1S/C29H25Cl/c1-4-22-23(9-7-11-28(22)30)20-14-12-19(13-15-20)21-16-17-25-24-8-5-6-10-26(24)29(2,3)27(25)18-21/h5-18H,4H2,1-3H3. The Kier molecular flexibility index (Phi) is 4.56. The first-order valence-corrected chi connectivity index (χ1v) is 11.0. The minimum atomic E-state index is 0.0265. The fourth-order valence-electron chi connectivity index (χ4n) is 4.91. The van der Waals surface area contributed by atoms with Crippen molar-refractivity contribution in [3.05, 3.63) is 107 Å². The first kappa shape index (κ1) is 19.2. The quantitative estimate of drug-likeness (QED) is 0.318. The maximum Gasteiger partial charge on any atom is 0.0444 e. The summed E-state index contributed by atoms with van der Waals surface area (Å²) in [5.41, 5.74) is 11.7. The normalized spacial score (nSPS) is 13.7. The van der Waals surface area contributed by atoms with Crippen molar-refractivity contribution in [2.24, 2.45) is 0 Å². The van der Waals surface area contributed by atoms with Crippen LogP contribution >= 0.6 is 11.6 Å². The fourth-order valence-corrected chi connectivity index (χ4v) is 5.22. The third-order valence-electron chi connectivity index (χ3n) is 6.59. The van der Waals surface area contributed by atoms with Gasteiger partial charge in [0.15, 0.2) is 0 Å². The molecule has 0 bridgehead atoms. The van der Waals surface area contributed by atoms with Crippen LogP contribution < -0.4 is 0 Å². The zero-order chi connectivity index (χ0) is 20.9. The van der Waals surface area contributed by atoms with Gasteiger partial charge in [0.2, 0.25) is 0 Å². The molecule has 0 saturated carbocycles. The summed E-state index contributed by atoms with van der Waals surface area (Å²) in [7, 11) is 0. The molecule has 1 heteroatoms. The third-order valence-corrected chi connectivity index (χ3v) is 6.94. The Morgan fingerprint density at radius 1 is 0.633 bits per heavy atom. The molecule has 0 aliphatic heterocycles. The molecule has 5 rings (SSSR count). The van der Waals surface area contributed by atoms with Crippen molar-refractivity contribution in [3.63, 3.8) is 0 Å². The maximum atomic E-state index is 6.43. The smallest absolute Gasteiger partial charge is 0.0444 e. The summed E-state index contributed by atoms with van der Waals surface area (Å²) in [5, 5.41) is 0.847. The second-order valence-electron chi connectivity index (χ2n) is 8.63. The van der Waals surface area contributed by atoms with Gasteiger partial charge in [0.25, 0.3) is 0 Å². The van der Waals surface area contributed by atoms with Crippen molar-refractivity contribution in [1.82, 2.24) is 0 Å². The van der Waals surface area contributed by atoms with Crippen LogP contribution in [0.1, 0.15) is 37.5 Å². The largest absolute Gasteiger partial charge is 0.0840 e. The lowest BCUT2D eigenvalue weighted by Gasteiger charge is -2.22. The van der Waals surface area contributed by atoms with Crippen molar-refractivity contribution >= 4 is 11.6 Å². The van der Waals surface area contributed by atoms with Gasteiger partial charge < -0.3 is 0 Å². The van der Waals surface area contributed by atoms with Crippen LogP contribution in [0.15, 0.2) is 84.9 Å². The lowest BCUT2D eigenvalue weighted by molar-refractivity contribution is 0.660. The molecule has 0 radical (unpaired) electrons. The molecule has 0 spiro atoms. The monoisotopic (exact) mass is 408 g/mol. The van der Waals surface area contributed by atoms with E-state index in [0.717, 1.165) is 11.4 Å². The van der Waals surface area contributed by atoms with E-state index >= 15 is 0 Å². The van der Waals surface area contributed by atoms with Gasteiger partial charge in [0.1, 0.15) is 0 Å². The maximum absolute atomic E-state index is 6.43. The van der Waals surface area contributed by atoms with Crippen LogP contribution in [0.5, 0.6) is 0 Å². The number of rotatable bonds is 3. The number of benzene rings is 4. The van der Waals surface area contributed by atoms with Crippen LogP contribution in [0, 0.1) is 0 Å². The summed E-state index contributed by atoms with van der Waals surface area (Å²) >= 11 is 6.43. The van der Waals surface area contributed by atoms with Crippen molar-refractivity contribution in [2.75, 3.05) is 0 Å². The van der Waals surface area contributed by atoms with E-state index in [1.165, 1.54) is 50.1 Å². The van der Waals surface area contributed by atoms with Gasteiger partial charge in [-0.25, -0.2) is 0 Å². The number of halogens is 1. The van der Waals surface area contributed by atoms with Crippen LogP contribution in [0.25, 0.3) is 33.4 Å². The Morgan fingerprint density at radius 3 is 2.03 bits per heavy atom. The van der Waals surface area contributed by atoms with Crippen LogP contribution in [-0.4, -0.2) is 0 Å². The van der Waals surface area contributed by atoms with Crippen LogP contribution in [0.4, 0.5) is 0 Å². The Balaban J connectivity index is 1.55. The summed E-state index contributed by atoms with van der Waals surface area (Å²) in [6.07, 6.45) is 0.928. The third kappa shape index (κ3) is 2.90. The lowest BCUT2D eigenvalue weighted by atomic mass is 9.81. The number of hydrogen-bond acceptors (Lipinski definition) is 0. The minimum Gasteiger partial charge on any atom is -0.0840 e. The first-order chi connectivity index (χ1) is 14.5. The number of fused-ring (bicyclic) bond motifs is 3. The van der Waals surface area contributed by atoms with E-state index in [-0.39, 0.29) is 5.41 Å². The summed E-state index contributed by atoms with van der Waals surface area (Å²) < 4.78 is 0. The minimum absolute atomic E-state index is 0.0265. The molecule has 4 aromatic carbocycles. The van der Waals surface area contributed by atoms with E-state index in [1.54, 1.807) is 0 Å². The molecular formula is C29H25Cl. The molecule has 30 heavy (non-hydrogen) atoms. The average Bonchev–Trinajstić information content (AvgIpc) is 3.01. The highest BCUT2D eigenvalue weighted by atomic mass is 35.5. The SMILES string of the molecule is CCc1c(Cl)cccc1-c1ccc(-c2ccc3c(c2)C(C)(C)c2ccccc2-3)cc1.